The third-order valence-electron chi connectivity index (χ3n) is 4.56. The number of fused-ring (bicyclic) bond motifs is 1. The van der Waals surface area contributed by atoms with Crippen LogP contribution in [0.25, 0.3) is 0 Å². The number of nitrogens with two attached hydrogens (primary N) is 1. The van der Waals surface area contributed by atoms with Gasteiger partial charge in [-0.05, 0) is 48.6 Å². The molecule has 0 aromatic heterocycles. The van der Waals surface area contributed by atoms with Gasteiger partial charge in [-0.3, -0.25) is 0 Å². The minimum atomic E-state index is 0.346. The lowest BCUT2D eigenvalue weighted by Gasteiger charge is -2.30. The van der Waals surface area contributed by atoms with Crippen LogP contribution in [0.15, 0.2) is 24.3 Å². The molecule has 1 fully saturated rings. The molecule has 1 aromatic carbocycles. The highest BCUT2D eigenvalue weighted by Crippen LogP contribution is 2.50. The van der Waals surface area contributed by atoms with Crippen molar-refractivity contribution in [1.29, 1.82) is 0 Å². The first-order valence-corrected chi connectivity index (χ1v) is 6.66. The Bertz CT molecular complexity index is 411. The molecule has 0 amide bonds. The molecule has 1 saturated carbocycles. The summed E-state index contributed by atoms with van der Waals surface area (Å²) in [7, 11) is 0. The third kappa shape index (κ3) is 2.06. The fraction of sp³-hybridized carbons (Fsp3) is 0.600. The summed E-state index contributed by atoms with van der Waals surface area (Å²) >= 11 is 0. The standard InChI is InChI=1S/C15H21NO/c1-15(7-8-15)14(16)10-11-6-9-17-13-5-3-2-4-12(11)13/h2-5,11,14H,6-10,16H2,1H3. The highest BCUT2D eigenvalue weighted by molar-refractivity contribution is 5.37. The van der Waals surface area contributed by atoms with Gasteiger partial charge in [0, 0.05) is 6.04 Å². The van der Waals surface area contributed by atoms with Crippen molar-refractivity contribution in [3.05, 3.63) is 29.8 Å². The van der Waals surface area contributed by atoms with Crippen LogP contribution in [0.2, 0.25) is 0 Å². The molecule has 17 heavy (non-hydrogen) atoms. The van der Waals surface area contributed by atoms with Gasteiger partial charge in [-0.1, -0.05) is 25.1 Å². The lowest BCUT2D eigenvalue weighted by Crippen LogP contribution is -2.32. The molecule has 2 unspecified atom stereocenters. The van der Waals surface area contributed by atoms with E-state index in [0.717, 1.165) is 25.2 Å². The van der Waals surface area contributed by atoms with Gasteiger partial charge in [0.1, 0.15) is 5.75 Å². The van der Waals surface area contributed by atoms with Crippen LogP contribution in [0.3, 0.4) is 0 Å². The summed E-state index contributed by atoms with van der Waals surface area (Å²) in [4.78, 5) is 0. The smallest absolute Gasteiger partial charge is 0.122 e. The molecule has 2 aliphatic rings. The zero-order valence-electron chi connectivity index (χ0n) is 10.5. The van der Waals surface area contributed by atoms with E-state index in [1.165, 1.54) is 18.4 Å². The van der Waals surface area contributed by atoms with Crippen molar-refractivity contribution in [3.63, 3.8) is 0 Å². The summed E-state index contributed by atoms with van der Waals surface area (Å²) in [6, 6.07) is 8.76. The van der Waals surface area contributed by atoms with Crippen molar-refractivity contribution in [1.82, 2.24) is 0 Å². The predicted molar refractivity (Wildman–Crippen MR) is 69.2 cm³/mol. The second kappa shape index (κ2) is 4.02. The molecule has 0 saturated heterocycles. The lowest BCUT2D eigenvalue weighted by atomic mass is 9.83. The Balaban J connectivity index is 1.76. The second-order valence-electron chi connectivity index (χ2n) is 5.87. The van der Waals surface area contributed by atoms with Gasteiger partial charge in [0.25, 0.3) is 0 Å². The number of para-hydroxylation sites is 1. The molecule has 92 valence electrons. The van der Waals surface area contributed by atoms with Gasteiger partial charge in [0.05, 0.1) is 6.61 Å². The van der Waals surface area contributed by atoms with Crippen LogP contribution in [-0.2, 0) is 0 Å². The highest BCUT2D eigenvalue weighted by atomic mass is 16.5. The van der Waals surface area contributed by atoms with E-state index in [1.54, 1.807) is 0 Å². The van der Waals surface area contributed by atoms with Crippen LogP contribution < -0.4 is 10.5 Å². The Morgan fingerprint density at radius 1 is 1.41 bits per heavy atom. The monoisotopic (exact) mass is 231 g/mol. The van der Waals surface area contributed by atoms with E-state index in [0.29, 0.717) is 17.4 Å². The molecule has 2 atom stereocenters. The Kier molecular flexibility index (Phi) is 2.62. The van der Waals surface area contributed by atoms with Crippen LogP contribution in [-0.4, -0.2) is 12.6 Å². The van der Waals surface area contributed by atoms with Crippen LogP contribution >= 0.6 is 0 Å². The highest BCUT2D eigenvalue weighted by Gasteiger charge is 2.43. The molecule has 1 heterocycles. The Hall–Kier alpha value is -1.02. The van der Waals surface area contributed by atoms with Crippen molar-refractivity contribution in [3.8, 4) is 5.75 Å². The molecule has 3 rings (SSSR count). The molecule has 0 spiro atoms. The molecule has 1 aromatic rings. The minimum Gasteiger partial charge on any atom is -0.493 e. The normalized spacial score (nSPS) is 26.8. The van der Waals surface area contributed by atoms with Crippen LogP contribution in [0.1, 0.15) is 44.1 Å². The van der Waals surface area contributed by atoms with Gasteiger partial charge >= 0.3 is 0 Å². The average molecular weight is 231 g/mol. The summed E-state index contributed by atoms with van der Waals surface area (Å²) < 4.78 is 5.70. The van der Waals surface area contributed by atoms with Gasteiger partial charge in [0.2, 0.25) is 0 Å². The molecule has 2 heteroatoms. The SMILES string of the molecule is CC1(C(N)CC2CCOc3ccccc32)CC1. The number of hydrogen-bond donors (Lipinski definition) is 1. The Morgan fingerprint density at radius 3 is 2.94 bits per heavy atom. The zero-order chi connectivity index (χ0) is 11.9. The van der Waals surface area contributed by atoms with Gasteiger partial charge < -0.3 is 10.5 Å². The van der Waals surface area contributed by atoms with E-state index >= 15 is 0 Å². The minimum absolute atomic E-state index is 0.346. The lowest BCUT2D eigenvalue weighted by molar-refractivity contribution is 0.250. The third-order valence-corrected chi connectivity index (χ3v) is 4.56. The van der Waals surface area contributed by atoms with Crippen molar-refractivity contribution < 1.29 is 4.74 Å². The van der Waals surface area contributed by atoms with Gasteiger partial charge in [-0.2, -0.15) is 0 Å². The number of ether oxygens (including phenoxy) is 1. The molecular weight excluding hydrogens is 210 g/mol. The van der Waals surface area contributed by atoms with Crippen LogP contribution in [0.4, 0.5) is 0 Å². The van der Waals surface area contributed by atoms with E-state index < -0.39 is 0 Å². The maximum Gasteiger partial charge on any atom is 0.122 e. The summed E-state index contributed by atoms with van der Waals surface area (Å²) in [6.07, 6.45) is 4.83. The summed E-state index contributed by atoms with van der Waals surface area (Å²) in [5.74, 6) is 1.66. The predicted octanol–water partition coefficient (Wildman–Crippen LogP) is 3.07. The Morgan fingerprint density at radius 2 is 2.18 bits per heavy atom. The fourth-order valence-corrected chi connectivity index (χ4v) is 2.82. The number of rotatable bonds is 3. The van der Waals surface area contributed by atoms with Crippen LogP contribution in [0.5, 0.6) is 5.75 Å². The van der Waals surface area contributed by atoms with Crippen molar-refractivity contribution >= 4 is 0 Å². The van der Waals surface area contributed by atoms with Gasteiger partial charge in [0.15, 0.2) is 0 Å². The summed E-state index contributed by atoms with van der Waals surface area (Å²) in [6.45, 7) is 3.16. The maximum atomic E-state index is 6.36. The zero-order valence-corrected chi connectivity index (χ0v) is 10.5. The molecular formula is C15H21NO. The van der Waals surface area contributed by atoms with E-state index in [2.05, 4.69) is 25.1 Å². The largest absolute Gasteiger partial charge is 0.493 e. The summed E-state index contributed by atoms with van der Waals surface area (Å²) in [5.41, 5.74) is 8.14. The second-order valence-corrected chi connectivity index (χ2v) is 5.87. The van der Waals surface area contributed by atoms with Crippen molar-refractivity contribution in [2.24, 2.45) is 11.1 Å². The molecule has 1 aliphatic carbocycles. The topological polar surface area (TPSA) is 35.2 Å². The van der Waals surface area contributed by atoms with Gasteiger partial charge in [-0.25, -0.2) is 0 Å². The first-order valence-electron chi connectivity index (χ1n) is 6.66. The molecule has 0 radical (unpaired) electrons. The molecule has 1 aliphatic heterocycles. The van der Waals surface area contributed by atoms with E-state index in [9.17, 15) is 0 Å². The average Bonchev–Trinajstić information content (AvgIpc) is 3.09. The Labute approximate surface area is 103 Å². The fourth-order valence-electron chi connectivity index (χ4n) is 2.82. The van der Waals surface area contributed by atoms with Gasteiger partial charge in [-0.15, -0.1) is 0 Å². The molecule has 0 bridgehead atoms. The van der Waals surface area contributed by atoms with E-state index in [1.807, 2.05) is 6.07 Å². The van der Waals surface area contributed by atoms with Crippen molar-refractivity contribution in [2.45, 2.75) is 44.6 Å². The van der Waals surface area contributed by atoms with E-state index in [-0.39, 0.29) is 0 Å². The molecule has 2 N–H and O–H groups in total. The molecule has 2 nitrogen and oxygen atoms in total. The maximum absolute atomic E-state index is 6.36. The first kappa shape index (κ1) is 11.1. The summed E-state index contributed by atoms with van der Waals surface area (Å²) in [5, 5.41) is 0. The number of hydrogen-bond acceptors (Lipinski definition) is 2. The quantitative estimate of drug-likeness (QED) is 0.867. The number of benzene rings is 1. The first-order chi connectivity index (χ1) is 8.19. The van der Waals surface area contributed by atoms with Crippen molar-refractivity contribution in [2.75, 3.05) is 6.61 Å². The van der Waals surface area contributed by atoms with Crippen LogP contribution in [0, 0.1) is 5.41 Å². The van der Waals surface area contributed by atoms with E-state index in [4.69, 9.17) is 10.5 Å².